The third-order valence-corrected chi connectivity index (χ3v) is 5.24. The molecule has 1 amide bonds. The summed E-state index contributed by atoms with van der Waals surface area (Å²) < 4.78 is 13.7. The van der Waals surface area contributed by atoms with Gasteiger partial charge >= 0.3 is 0 Å². The molecule has 1 fully saturated rings. The number of ketones is 1. The van der Waals surface area contributed by atoms with Gasteiger partial charge in [-0.1, -0.05) is 24.3 Å². The predicted molar refractivity (Wildman–Crippen MR) is 110 cm³/mol. The van der Waals surface area contributed by atoms with Gasteiger partial charge in [0.1, 0.15) is 11.6 Å². The number of likely N-dealkylation sites (tertiary alicyclic amines) is 1. The van der Waals surface area contributed by atoms with Crippen LogP contribution in [0.4, 0.5) is 4.39 Å². The maximum absolute atomic E-state index is 13.7. The molecule has 2 aromatic rings. The number of halogens is 1. The van der Waals surface area contributed by atoms with Crippen LogP contribution in [0.25, 0.3) is 5.76 Å². The molecule has 29 heavy (non-hydrogen) atoms. The molecular formula is C23H25FN2O3. The van der Waals surface area contributed by atoms with E-state index in [1.165, 1.54) is 23.1 Å². The minimum absolute atomic E-state index is 0.0362. The Balaban J connectivity index is 2.19. The number of carbonyl (C=O) groups excluding carboxylic acids is 2. The summed E-state index contributed by atoms with van der Waals surface area (Å²) in [7, 11) is 3.78. The fourth-order valence-electron chi connectivity index (χ4n) is 3.58. The van der Waals surface area contributed by atoms with Crippen LogP contribution in [0.2, 0.25) is 0 Å². The van der Waals surface area contributed by atoms with Crippen molar-refractivity contribution in [2.45, 2.75) is 19.9 Å². The van der Waals surface area contributed by atoms with E-state index >= 15 is 0 Å². The Morgan fingerprint density at radius 1 is 1.10 bits per heavy atom. The van der Waals surface area contributed by atoms with Crippen LogP contribution in [0.1, 0.15) is 28.3 Å². The lowest BCUT2D eigenvalue weighted by Gasteiger charge is -2.27. The average Bonchev–Trinajstić information content (AvgIpc) is 2.92. The van der Waals surface area contributed by atoms with E-state index in [2.05, 4.69) is 0 Å². The average molecular weight is 396 g/mol. The summed E-state index contributed by atoms with van der Waals surface area (Å²) in [4.78, 5) is 29.2. The molecule has 0 bridgehead atoms. The topological polar surface area (TPSA) is 60.9 Å². The van der Waals surface area contributed by atoms with Gasteiger partial charge in [0.05, 0.1) is 11.6 Å². The molecule has 152 valence electrons. The lowest BCUT2D eigenvalue weighted by atomic mass is 9.92. The van der Waals surface area contributed by atoms with Gasteiger partial charge in [0.15, 0.2) is 0 Å². The Morgan fingerprint density at radius 2 is 1.79 bits per heavy atom. The normalized spacial score (nSPS) is 18.7. The molecule has 0 spiro atoms. The summed E-state index contributed by atoms with van der Waals surface area (Å²) in [5.74, 6) is -2.05. The molecule has 0 aliphatic carbocycles. The summed E-state index contributed by atoms with van der Waals surface area (Å²) >= 11 is 0. The van der Waals surface area contributed by atoms with Crippen LogP contribution in [0.5, 0.6) is 0 Å². The highest BCUT2D eigenvalue weighted by Gasteiger charge is 2.46. The van der Waals surface area contributed by atoms with Gasteiger partial charge in [0, 0.05) is 18.7 Å². The minimum atomic E-state index is -0.725. The molecule has 1 N–H and O–H groups in total. The van der Waals surface area contributed by atoms with Crippen LogP contribution >= 0.6 is 0 Å². The van der Waals surface area contributed by atoms with Crippen LogP contribution in [0.3, 0.4) is 0 Å². The Bertz CT molecular complexity index is 997. The second kappa shape index (κ2) is 8.17. The number of benzene rings is 2. The van der Waals surface area contributed by atoms with Crippen LogP contribution in [-0.2, 0) is 9.59 Å². The van der Waals surface area contributed by atoms with E-state index in [1.54, 1.807) is 6.92 Å². The van der Waals surface area contributed by atoms with E-state index in [0.29, 0.717) is 24.2 Å². The van der Waals surface area contributed by atoms with Crippen molar-refractivity contribution in [1.29, 1.82) is 0 Å². The first-order valence-electron chi connectivity index (χ1n) is 9.47. The molecule has 0 aromatic heterocycles. The van der Waals surface area contributed by atoms with E-state index in [0.717, 1.165) is 11.1 Å². The van der Waals surface area contributed by atoms with Gasteiger partial charge in [-0.2, -0.15) is 0 Å². The second-order valence-corrected chi connectivity index (χ2v) is 7.62. The summed E-state index contributed by atoms with van der Waals surface area (Å²) in [6, 6.07) is 10.9. The lowest BCUT2D eigenvalue weighted by molar-refractivity contribution is -0.140. The number of nitrogens with zero attached hydrogens (tertiary/aromatic N) is 2. The monoisotopic (exact) mass is 396 g/mol. The molecule has 5 nitrogen and oxygen atoms in total. The summed E-state index contributed by atoms with van der Waals surface area (Å²) in [5, 5.41) is 11.0. The van der Waals surface area contributed by atoms with Crippen molar-refractivity contribution in [2.75, 3.05) is 27.2 Å². The first-order chi connectivity index (χ1) is 13.7. The Kier molecular flexibility index (Phi) is 5.84. The number of Topliss-reactive ketones (excluding diaryl/α,β-unsaturated/α-hetero) is 1. The van der Waals surface area contributed by atoms with Gasteiger partial charge < -0.3 is 14.9 Å². The molecule has 1 unspecified atom stereocenters. The molecule has 0 radical (unpaired) electrons. The SMILES string of the molecule is Cc1cc(/C(O)=C2\C(=O)C(=O)N(CCN(C)C)C2c2ccccc2C)ccc1F. The molecule has 2 aromatic carbocycles. The molecule has 1 aliphatic heterocycles. The second-order valence-electron chi connectivity index (χ2n) is 7.62. The fourth-order valence-corrected chi connectivity index (χ4v) is 3.58. The highest BCUT2D eigenvalue weighted by atomic mass is 19.1. The van der Waals surface area contributed by atoms with E-state index in [9.17, 15) is 19.1 Å². The van der Waals surface area contributed by atoms with Gasteiger partial charge in [-0.05, 0) is 62.8 Å². The quantitative estimate of drug-likeness (QED) is 0.478. The standard InChI is InChI=1S/C23H25FN2O3/c1-14-7-5-6-8-17(14)20-19(21(27)16-9-10-18(24)15(2)13-16)22(28)23(29)26(20)12-11-25(3)4/h5-10,13,20,27H,11-12H2,1-4H3/b21-19+. The number of carbonyl (C=O) groups is 2. The minimum Gasteiger partial charge on any atom is -0.507 e. The third-order valence-electron chi connectivity index (χ3n) is 5.24. The molecular weight excluding hydrogens is 371 g/mol. The molecule has 3 rings (SSSR count). The highest BCUT2D eigenvalue weighted by Crippen LogP contribution is 2.40. The number of hydrogen-bond acceptors (Lipinski definition) is 4. The van der Waals surface area contributed by atoms with E-state index in [4.69, 9.17) is 0 Å². The van der Waals surface area contributed by atoms with Crippen LogP contribution in [-0.4, -0.2) is 53.8 Å². The van der Waals surface area contributed by atoms with E-state index in [1.807, 2.05) is 50.2 Å². The predicted octanol–water partition coefficient (Wildman–Crippen LogP) is 3.43. The van der Waals surface area contributed by atoms with Crippen LogP contribution < -0.4 is 0 Å². The number of rotatable bonds is 5. The van der Waals surface area contributed by atoms with E-state index < -0.39 is 23.5 Å². The zero-order chi connectivity index (χ0) is 21.3. The Hall–Kier alpha value is -2.99. The third kappa shape index (κ3) is 3.93. The number of hydrogen-bond donors (Lipinski definition) is 1. The van der Waals surface area contributed by atoms with Gasteiger partial charge in [-0.15, -0.1) is 0 Å². The fraction of sp³-hybridized carbons (Fsp3) is 0.304. The van der Waals surface area contributed by atoms with Crippen LogP contribution in [0, 0.1) is 19.7 Å². The van der Waals surface area contributed by atoms with Crippen molar-refractivity contribution >= 4 is 17.4 Å². The number of amides is 1. The zero-order valence-electron chi connectivity index (χ0n) is 17.1. The largest absolute Gasteiger partial charge is 0.507 e. The van der Waals surface area contributed by atoms with Crippen molar-refractivity contribution < 1.29 is 19.1 Å². The zero-order valence-corrected chi connectivity index (χ0v) is 17.1. The molecule has 1 saturated heterocycles. The summed E-state index contributed by atoms with van der Waals surface area (Å²) in [6.07, 6.45) is 0. The smallest absolute Gasteiger partial charge is 0.295 e. The maximum Gasteiger partial charge on any atom is 0.295 e. The Morgan fingerprint density at radius 3 is 2.41 bits per heavy atom. The van der Waals surface area contributed by atoms with E-state index in [-0.39, 0.29) is 11.3 Å². The van der Waals surface area contributed by atoms with Crippen molar-refractivity contribution in [3.8, 4) is 0 Å². The molecule has 1 atom stereocenters. The first-order valence-corrected chi connectivity index (χ1v) is 9.47. The highest BCUT2D eigenvalue weighted by molar-refractivity contribution is 6.46. The lowest BCUT2D eigenvalue weighted by Crippen LogP contribution is -2.35. The molecule has 0 saturated carbocycles. The molecule has 1 heterocycles. The molecule has 1 aliphatic rings. The first kappa shape index (κ1) is 20.7. The van der Waals surface area contributed by atoms with Gasteiger partial charge in [0.25, 0.3) is 11.7 Å². The van der Waals surface area contributed by atoms with Crippen molar-refractivity contribution in [2.24, 2.45) is 0 Å². The number of aliphatic hydroxyl groups excluding tert-OH is 1. The Labute approximate surface area is 170 Å². The van der Waals surface area contributed by atoms with Crippen LogP contribution in [0.15, 0.2) is 48.0 Å². The summed E-state index contributed by atoms with van der Waals surface area (Å²) in [6.45, 7) is 4.41. The summed E-state index contributed by atoms with van der Waals surface area (Å²) in [5.41, 5.74) is 2.40. The maximum atomic E-state index is 13.7. The van der Waals surface area contributed by atoms with Crippen molar-refractivity contribution in [3.05, 3.63) is 76.1 Å². The number of likely N-dealkylation sites (N-methyl/N-ethyl adjacent to an activating group) is 1. The van der Waals surface area contributed by atoms with Crippen molar-refractivity contribution in [1.82, 2.24) is 9.80 Å². The molecule has 6 heteroatoms. The van der Waals surface area contributed by atoms with Gasteiger partial charge in [-0.3, -0.25) is 9.59 Å². The van der Waals surface area contributed by atoms with Crippen molar-refractivity contribution in [3.63, 3.8) is 0 Å². The number of aryl methyl sites for hydroxylation is 2. The van der Waals surface area contributed by atoms with Gasteiger partial charge in [0.2, 0.25) is 0 Å². The van der Waals surface area contributed by atoms with Gasteiger partial charge in [-0.25, -0.2) is 4.39 Å². The number of aliphatic hydroxyl groups is 1.